The van der Waals surface area contributed by atoms with Crippen molar-refractivity contribution in [3.8, 4) is 5.75 Å². The number of methoxy groups -OCH3 is 1. The Morgan fingerprint density at radius 1 is 1.37 bits per heavy atom. The maximum absolute atomic E-state index is 5.31. The second-order valence-corrected chi connectivity index (χ2v) is 6.27. The van der Waals surface area contributed by atoms with Gasteiger partial charge >= 0.3 is 0 Å². The van der Waals surface area contributed by atoms with Crippen molar-refractivity contribution in [1.29, 1.82) is 0 Å². The van der Waals surface area contributed by atoms with Crippen LogP contribution in [0.3, 0.4) is 0 Å². The van der Waals surface area contributed by atoms with Crippen molar-refractivity contribution in [2.75, 3.05) is 19.0 Å². The highest BCUT2D eigenvalue weighted by Gasteiger charge is 2.32. The molecule has 0 bridgehead atoms. The number of nitrogens with one attached hydrogen (secondary N) is 1. The van der Waals surface area contributed by atoms with Crippen molar-refractivity contribution in [3.05, 3.63) is 18.2 Å². The zero-order chi connectivity index (χ0) is 13.6. The van der Waals surface area contributed by atoms with Crippen LogP contribution in [0.15, 0.2) is 18.2 Å². The average molecular weight is 259 g/mol. The van der Waals surface area contributed by atoms with Crippen LogP contribution < -0.4 is 10.1 Å². The number of hydrogen-bond acceptors (Lipinski definition) is 3. The van der Waals surface area contributed by atoms with Crippen LogP contribution in [0.25, 0.3) is 10.9 Å². The van der Waals surface area contributed by atoms with Gasteiger partial charge in [-0.1, -0.05) is 20.8 Å². The van der Waals surface area contributed by atoms with E-state index in [-0.39, 0.29) is 5.41 Å². The first-order chi connectivity index (χ1) is 9.00. The standard InChI is InChI=1S/C15H21N3O/c1-15(2,3)13-7-8-16-14-11-9-10(19-4)5-6-12(11)17-18(13)14/h5-6,9,13,16H,7-8H2,1-4H3. The molecule has 1 aliphatic heterocycles. The molecule has 102 valence electrons. The maximum atomic E-state index is 5.31. The Balaban J connectivity index is 2.18. The van der Waals surface area contributed by atoms with Gasteiger partial charge in [-0.15, -0.1) is 0 Å². The lowest BCUT2D eigenvalue weighted by molar-refractivity contribution is 0.211. The van der Waals surface area contributed by atoms with Gasteiger partial charge in [-0.3, -0.25) is 0 Å². The molecule has 1 aromatic carbocycles. The fraction of sp³-hybridized carbons (Fsp3) is 0.533. The Kier molecular flexibility index (Phi) is 2.69. The number of hydrogen-bond donors (Lipinski definition) is 1. The first kappa shape index (κ1) is 12.3. The molecule has 1 unspecified atom stereocenters. The van der Waals surface area contributed by atoms with E-state index in [2.05, 4.69) is 36.8 Å². The third-order valence-electron chi connectivity index (χ3n) is 3.91. The summed E-state index contributed by atoms with van der Waals surface area (Å²) >= 11 is 0. The van der Waals surface area contributed by atoms with Crippen LogP contribution in [0, 0.1) is 5.41 Å². The molecule has 1 aromatic heterocycles. The molecule has 0 aliphatic carbocycles. The molecule has 4 nitrogen and oxygen atoms in total. The van der Waals surface area contributed by atoms with Crippen LogP contribution in [0.4, 0.5) is 5.82 Å². The largest absolute Gasteiger partial charge is 0.497 e. The molecule has 1 atom stereocenters. The summed E-state index contributed by atoms with van der Waals surface area (Å²) in [5.41, 5.74) is 1.24. The van der Waals surface area contributed by atoms with Gasteiger partial charge in [0.1, 0.15) is 11.6 Å². The Morgan fingerprint density at radius 3 is 2.84 bits per heavy atom. The lowest BCUT2D eigenvalue weighted by Crippen LogP contribution is -2.32. The summed E-state index contributed by atoms with van der Waals surface area (Å²) in [4.78, 5) is 0. The van der Waals surface area contributed by atoms with Gasteiger partial charge in [-0.25, -0.2) is 4.68 Å². The SMILES string of the molecule is COc1ccc2nn3c(c2c1)NCCC3C(C)(C)C. The van der Waals surface area contributed by atoms with Gasteiger partial charge in [0.15, 0.2) is 0 Å². The fourth-order valence-corrected chi connectivity index (χ4v) is 2.86. The molecule has 2 heterocycles. The monoisotopic (exact) mass is 259 g/mol. The number of anilines is 1. The molecule has 0 saturated carbocycles. The number of rotatable bonds is 1. The van der Waals surface area contributed by atoms with Crippen LogP contribution in [0.2, 0.25) is 0 Å². The Labute approximate surface area is 113 Å². The second-order valence-electron chi connectivity index (χ2n) is 6.27. The third kappa shape index (κ3) is 1.95. The van der Waals surface area contributed by atoms with Crippen molar-refractivity contribution < 1.29 is 4.74 Å². The van der Waals surface area contributed by atoms with E-state index in [9.17, 15) is 0 Å². The molecule has 1 N–H and O–H groups in total. The molecule has 1 aliphatic rings. The first-order valence-electron chi connectivity index (χ1n) is 6.81. The van der Waals surface area contributed by atoms with E-state index in [1.54, 1.807) is 7.11 Å². The predicted molar refractivity (Wildman–Crippen MR) is 77.9 cm³/mol. The number of aromatic nitrogens is 2. The van der Waals surface area contributed by atoms with E-state index < -0.39 is 0 Å². The molecular formula is C15H21N3O. The molecule has 19 heavy (non-hydrogen) atoms. The van der Waals surface area contributed by atoms with E-state index in [1.165, 1.54) is 0 Å². The molecular weight excluding hydrogens is 238 g/mol. The molecule has 0 amide bonds. The predicted octanol–water partition coefficient (Wildman–Crippen LogP) is 3.45. The van der Waals surface area contributed by atoms with E-state index in [4.69, 9.17) is 9.84 Å². The average Bonchev–Trinajstić information content (AvgIpc) is 2.74. The third-order valence-corrected chi connectivity index (χ3v) is 3.91. The maximum Gasteiger partial charge on any atom is 0.132 e. The van der Waals surface area contributed by atoms with Crippen LogP contribution in [-0.2, 0) is 0 Å². The normalized spacial score (nSPS) is 19.1. The van der Waals surface area contributed by atoms with E-state index in [1.807, 2.05) is 12.1 Å². The number of nitrogens with zero attached hydrogens (tertiary/aromatic N) is 2. The number of fused-ring (bicyclic) bond motifs is 3. The van der Waals surface area contributed by atoms with Gasteiger partial charge < -0.3 is 10.1 Å². The molecule has 2 aromatic rings. The van der Waals surface area contributed by atoms with E-state index in [0.717, 1.165) is 35.4 Å². The zero-order valence-electron chi connectivity index (χ0n) is 12.0. The van der Waals surface area contributed by atoms with Crippen molar-refractivity contribution in [3.63, 3.8) is 0 Å². The summed E-state index contributed by atoms with van der Waals surface area (Å²) in [6, 6.07) is 6.49. The lowest BCUT2D eigenvalue weighted by atomic mass is 9.84. The van der Waals surface area contributed by atoms with Gasteiger partial charge in [-0.2, -0.15) is 5.10 Å². The molecule has 0 spiro atoms. The highest BCUT2D eigenvalue weighted by atomic mass is 16.5. The number of ether oxygens (including phenoxy) is 1. The molecule has 0 radical (unpaired) electrons. The summed E-state index contributed by atoms with van der Waals surface area (Å²) in [6.07, 6.45) is 1.11. The second kappa shape index (κ2) is 4.15. The first-order valence-corrected chi connectivity index (χ1v) is 6.81. The summed E-state index contributed by atoms with van der Waals surface area (Å²) in [6.45, 7) is 7.83. The number of benzene rings is 1. The Bertz CT molecular complexity index is 610. The zero-order valence-corrected chi connectivity index (χ0v) is 12.0. The van der Waals surface area contributed by atoms with Crippen LogP contribution in [-0.4, -0.2) is 23.4 Å². The quantitative estimate of drug-likeness (QED) is 0.852. The summed E-state index contributed by atoms with van der Waals surface area (Å²) in [7, 11) is 1.70. The summed E-state index contributed by atoms with van der Waals surface area (Å²) < 4.78 is 7.47. The minimum Gasteiger partial charge on any atom is -0.497 e. The van der Waals surface area contributed by atoms with Crippen LogP contribution in [0.1, 0.15) is 33.2 Å². The highest BCUT2D eigenvalue weighted by molar-refractivity contribution is 5.91. The minimum absolute atomic E-state index is 0.211. The molecule has 0 saturated heterocycles. The minimum atomic E-state index is 0.211. The van der Waals surface area contributed by atoms with Gasteiger partial charge in [0.25, 0.3) is 0 Å². The summed E-state index contributed by atoms with van der Waals surface area (Å²) in [5.74, 6) is 2.00. The van der Waals surface area contributed by atoms with Crippen molar-refractivity contribution in [2.45, 2.75) is 33.2 Å². The van der Waals surface area contributed by atoms with Gasteiger partial charge in [0.2, 0.25) is 0 Å². The highest BCUT2D eigenvalue weighted by Crippen LogP contribution is 2.40. The van der Waals surface area contributed by atoms with Gasteiger partial charge in [0.05, 0.1) is 18.7 Å². The van der Waals surface area contributed by atoms with Crippen molar-refractivity contribution in [1.82, 2.24) is 9.78 Å². The molecule has 4 heteroatoms. The lowest BCUT2D eigenvalue weighted by Gasteiger charge is -2.35. The van der Waals surface area contributed by atoms with Gasteiger partial charge in [0, 0.05) is 11.9 Å². The van der Waals surface area contributed by atoms with Crippen molar-refractivity contribution >= 4 is 16.7 Å². The molecule has 0 fully saturated rings. The van der Waals surface area contributed by atoms with Crippen LogP contribution >= 0.6 is 0 Å². The molecule has 3 rings (SSSR count). The summed E-state index contributed by atoms with van der Waals surface area (Å²) in [5, 5.41) is 9.41. The fourth-order valence-electron chi connectivity index (χ4n) is 2.86. The van der Waals surface area contributed by atoms with E-state index in [0.29, 0.717) is 6.04 Å². The van der Waals surface area contributed by atoms with E-state index >= 15 is 0 Å². The van der Waals surface area contributed by atoms with Gasteiger partial charge in [-0.05, 0) is 30.0 Å². The Morgan fingerprint density at radius 2 is 2.16 bits per heavy atom. The smallest absolute Gasteiger partial charge is 0.132 e. The van der Waals surface area contributed by atoms with Crippen LogP contribution in [0.5, 0.6) is 5.75 Å². The topological polar surface area (TPSA) is 39.1 Å². The van der Waals surface area contributed by atoms with Crippen molar-refractivity contribution in [2.24, 2.45) is 5.41 Å². The Hall–Kier alpha value is -1.71.